The molecule has 3 aromatic carbocycles. The molecule has 1 aliphatic heterocycles. The van der Waals surface area contributed by atoms with Crippen LogP contribution in [0.2, 0.25) is 5.02 Å². The van der Waals surface area contributed by atoms with Crippen LogP contribution in [0.15, 0.2) is 83.9 Å². The molecule has 2 N–H and O–H groups in total. The lowest BCUT2D eigenvalue weighted by atomic mass is 10.0. The Bertz CT molecular complexity index is 1220. The Morgan fingerprint density at radius 2 is 1.77 bits per heavy atom. The van der Waals surface area contributed by atoms with Gasteiger partial charge in [-0.3, -0.25) is 5.32 Å². The molecule has 8 heteroatoms. The summed E-state index contributed by atoms with van der Waals surface area (Å²) in [6, 6.07) is 24.8. The summed E-state index contributed by atoms with van der Waals surface area (Å²) in [5.41, 5.74) is 3.81. The molecule has 1 atom stereocenters. The van der Waals surface area contributed by atoms with E-state index in [1.807, 2.05) is 102 Å². The number of halogens is 1. The second kappa shape index (κ2) is 11.4. The van der Waals surface area contributed by atoms with Crippen molar-refractivity contribution in [2.75, 3.05) is 19.6 Å². The van der Waals surface area contributed by atoms with Crippen molar-refractivity contribution in [2.45, 2.75) is 19.5 Å². The van der Waals surface area contributed by atoms with Gasteiger partial charge < -0.3 is 15.1 Å². The van der Waals surface area contributed by atoms with E-state index >= 15 is 0 Å². The highest BCUT2D eigenvalue weighted by molar-refractivity contribution is 6.30. The van der Waals surface area contributed by atoms with Crippen LogP contribution in [0, 0.1) is 18.4 Å². The third-order valence-electron chi connectivity index (χ3n) is 5.99. The van der Waals surface area contributed by atoms with Gasteiger partial charge in [-0.15, -0.1) is 0 Å². The van der Waals surface area contributed by atoms with Crippen molar-refractivity contribution in [3.63, 3.8) is 0 Å². The van der Waals surface area contributed by atoms with Gasteiger partial charge in [-0.25, -0.2) is 9.79 Å². The minimum absolute atomic E-state index is 0.140. The highest BCUT2D eigenvalue weighted by Gasteiger charge is 2.33. The van der Waals surface area contributed by atoms with Gasteiger partial charge in [-0.05, 0) is 41.8 Å². The van der Waals surface area contributed by atoms with Gasteiger partial charge in [-0.2, -0.15) is 5.26 Å². The first-order valence-electron chi connectivity index (χ1n) is 11.4. The number of carbonyl (C=O) groups is 1. The van der Waals surface area contributed by atoms with Crippen molar-refractivity contribution in [2.24, 2.45) is 4.99 Å². The molecule has 7 nitrogen and oxygen atoms in total. The number of piperazine rings is 1. The second-order valence-corrected chi connectivity index (χ2v) is 8.75. The van der Waals surface area contributed by atoms with E-state index in [-0.39, 0.29) is 12.1 Å². The molecule has 0 bridgehead atoms. The summed E-state index contributed by atoms with van der Waals surface area (Å²) in [5, 5.41) is 15.8. The number of aryl methyl sites for hydroxylation is 1. The molecule has 0 saturated carbocycles. The quantitative estimate of drug-likeness (QED) is 0.236. The molecule has 0 aliphatic carbocycles. The molecule has 1 fully saturated rings. The molecule has 178 valence electrons. The first-order chi connectivity index (χ1) is 17.0. The predicted octanol–water partition coefficient (Wildman–Crippen LogP) is 4.98. The first-order valence-corrected chi connectivity index (χ1v) is 11.8. The molecule has 0 spiro atoms. The minimum Gasteiger partial charge on any atom is -0.338 e. The molecule has 1 saturated heterocycles. The summed E-state index contributed by atoms with van der Waals surface area (Å²) in [7, 11) is 0. The number of aliphatic imine (C=N–C) groups is 1. The molecule has 1 unspecified atom stereocenters. The standard InChI is InChI=1S/C27H27ClN6O/c1-20-7-5-6-10-24(20)32-26(31-19-29)33-15-16-34(25(18-33)22-8-3-2-4-9-22)27(35)30-17-21-11-13-23(28)14-12-21/h2-14,25H,15-18H2,1H3,(H,30,35)(H,31,32). The van der Waals surface area contributed by atoms with E-state index < -0.39 is 0 Å². The zero-order chi connectivity index (χ0) is 24.6. The average molecular weight is 487 g/mol. The van der Waals surface area contributed by atoms with Crippen molar-refractivity contribution >= 4 is 29.3 Å². The van der Waals surface area contributed by atoms with Crippen LogP contribution >= 0.6 is 11.6 Å². The lowest BCUT2D eigenvalue weighted by Crippen LogP contribution is -2.56. The van der Waals surface area contributed by atoms with Gasteiger partial charge in [0.15, 0.2) is 6.19 Å². The van der Waals surface area contributed by atoms with Gasteiger partial charge in [0, 0.05) is 31.2 Å². The smallest absolute Gasteiger partial charge is 0.318 e. The van der Waals surface area contributed by atoms with Gasteiger partial charge in [0.05, 0.1) is 11.7 Å². The summed E-state index contributed by atoms with van der Waals surface area (Å²) in [6.07, 6.45) is 2.01. The van der Waals surface area contributed by atoms with Crippen LogP contribution in [0.4, 0.5) is 10.5 Å². The van der Waals surface area contributed by atoms with Crippen molar-refractivity contribution < 1.29 is 4.79 Å². The first kappa shape index (κ1) is 24.1. The number of hydrogen-bond donors (Lipinski definition) is 2. The second-order valence-electron chi connectivity index (χ2n) is 8.31. The monoisotopic (exact) mass is 486 g/mol. The molecule has 1 heterocycles. The van der Waals surface area contributed by atoms with Crippen LogP contribution in [0.1, 0.15) is 22.7 Å². The van der Waals surface area contributed by atoms with Crippen LogP contribution in [0.5, 0.6) is 0 Å². The van der Waals surface area contributed by atoms with Crippen molar-refractivity contribution in [1.29, 1.82) is 5.26 Å². The molecule has 35 heavy (non-hydrogen) atoms. The van der Waals surface area contributed by atoms with E-state index in [9.17, 15) is 10.1 Å². The Kier molecular flexibility index (Phi) is 7.86. The minimum atomic E-state index is -0.210. The molecule has 0 radical (unpaired) electrons. The fraction of sp³-hybridized carbons (Fsp3) is 0.222. The van der Waals surface area contributed by atoms with Crippen molar-refractivity contribution in [3.05, 3.63) is 101 Å². The highest BCUT2D eigenvalue weighted by Crippen LogP contribution is 2.27. The molecular weight excluding hydrogens is 460 g/mol. The van der Waals surface area contributed by atoms with Crippen LogP contribution < -0.4 is 10.6 Å². The number of para-hydroxylation sites is 1. The largest absolute Gasteiger partial charge is 0.338 e. The maximum atomic E-state index is 13.2. The van der Waals surface area contributed by atoms with Gasteiger partial charge in [0.1, 0.15) is 0 Å². The predicted molar refractivity (Wildman–Crippen MR) is 138 cm³/mol. The number of amides is 2. The number of nitriles is 1. The normalized spacial score (nSPS) is 15.9. The third-order valence-corrected chi connectivity index (χ3v) is 6.24. The van der Waals surface area contributed by atoms with Crippen molar-refractivity contribution in [1.82, 2.24) is 20.4 Å². The van der Waals surface area contributed by atoms with Gasteiger partial charge in [0.25, 0.3) is 0 Å². The average Bonchev–Trinajstić information content (AvgIpc) is 2.89. The van der Waals surface area contributed by atoms with Crippen LogP contribution in [-0.2, 0) is 6.54 Å². The summed E-state index contributed by atoms with van der Waals surface area (Å²) < 4.78 is 0. The Labute approximate surface area is 210 Å². The number of carbonyl (C=O) groups excluding carboxylic acids is 1. The molecule has 3 aromatic rings. The summed E-state index contributed by atoms with van der Waals surface area (Å²) in [6.45, 7) is 3.91. The lowest BCUT2D eigenvalue weighted by Gasteiger charge is -2.42. The van der Waals surface area contributed by atoms with E-state index in [0.29, 0.717) is 37.2 Å². The van der Waals surface area contributed by atoms with E-state index in [0.717, 1.165) is 22.4 Å². The fourth-order valence-corrected chi connectivity index (χ4v) is 4.22. The number of hydrogen-bond acceptors (Lipinski definition) is 3. The highest BCUT2D eigenvalue weighted by atomic mass is 35.5. The van der Waals surface area contributed by atoms with Gasteiger partial charge >= 0.3 is 6.03 Å². The van der Waals surface area contributed by atoms with Gasteiger partial charge in [-0.1, -0.05) is 72.3 Å². The summed E-state index contributed by atoms with van der Waals surface area (Å²) >= 11 is 5.97. The Hall–Kier alpha value is -4.02. The lowest BCUT2D eigenvalue weighted by molar-refractivity contribution is 0.125. The third kappa shape index (κ3) is 6.11. The van der Waals surface area contributed by atoms with Crippen molar-refractivity contribution in [3.8, 4) is 6.19 Å². The number of nitrogens with zero attached hydrogens (tertiary/aromatic N) is 4. The molecular formula is C27H27ClN6O. The van der Waals surface area contributed by atoms with Gasteiger partial charge in [0.2, 0.25) is 5.96 Å². The zero-order valence-corrected chi connectivity index (χ0v) is 20.2. The summed E-state index contributed by atoms with van der Waals surface area (Å²) in [4.78, 5) is 21.8. The fourth-order valence-electron chi connectivity index (χ4n) is 4.09. The topological polar surface area (TPSA) is 83.8 Å². The molecule has 4 rings (SSSR count). The number of urea groups is 1. The Morgan fingerprint density at radius 1 is 1.06 bits per heavy atom. The van der Waals surface area contributed by atoms with E-state index in [2.05, 4.69) is 10.6 Å². The number of nitrogens with one attached hydrogen (secondary N) is 2. The maximum absolute atomic E-state index is 13.2. The number of rotatable bonds is 4. The molecule has 1 aliphatic rings. The van der Waals surface area contributed by atoms with E-state index in [1.54, 1.807) is 0 Å². The Balaban J connectivity index is 1.55. The van der Waals surface area contributed by atoms with E-state index in [4.69, 9.17) is 16.6 Å². The maximum Gasteiger partial charge on any atom is 0.318 e. The van der Waals surface area contributed by atoms with Crippen LogP contribution in [0.3, 0.4) is 0 Å². The molecule has 0 aromatic heterocycles. The molecule has 2 amide bonds. The zero-order valence-electron chi connectivity index (χ0n) is 19.5. The number of guanidine groups is 1. The van der Waals surface area contributed by atoms with Crippen LogP contribution in [-0.4, -0.2) is 41.4 Å². The van der Waals surface area contributed by atoms with Crippen LogP contribution in [0.25, 0.3) is 0 Å². The Morgan fingerprint density at radius 3 is 2.49 bits per heavy atom. The van der Waals surface area contributed by atoms with E-state index in [1.165, 1.54) is 0 Å². The SMILES string of the molecule is Cc1ccccc1N=C(NC#N)N1CCN(C(=O)NCc2ccc(Cl)cc2)C(c2ccccc2)C1. The summed E-state index contributed by atoms with van der Waals surface area (Å²) in [5.74, 6) is 0.476. The number of benzene rings is 3.